The molecule has 0 N–H and O–H groups in total. The zero-order valence-corrected chi connectivity index (χ0v) is 22.3. The predicted molar refractivity (Wildman–Crippen MR) is 140 cm³/mol. The Balaban J connectivity index is 3.93. The van der Waals surface area contributed by atoms with Crippen molar-refractivity contribution in [2.75, 3.05) is 0 Å². The van der Waals surface area contributed by atoms with Crippen molar-refractivity contribution in [3.8, 4) is 0 Å². The third kappa shape index (κ3) is 20.1. The molecule has 0 heterocycles. The number of hydrogen-bond donors (Lipinski definition) is 0. The number of nitrogens with zero attached hydrogens (tertiary/aromatic N) is 2. The third-order valence-corrected chi connectivity index (χ3v) is 8.89. The summed E-state index contributed by atoms with van der Waals surface area (Å²) in [5.41, 5.74) is 0. The van der Waals surface area contributed by atoms with E-state index in [0.717, 1.165) is 60.1 Å². The molecule has 0 bridgehead atoms. The highest BCUT2D eigenvalue weighted by atomic mass is 33.1. The summed E-state index contributed by atoms with van der Waals surface area (Å²) in [5, 5.41) is 21.3. The minimum atomic E-state index is -0.741. The van der Waals surface area contributed by atoms with Crippen LogP contribution in [0.25, 0.3) is 0 Å². The van der Waals surface area contributed by atoms with Gasteiger partial charge in [0, 0.05) is 22.7 Å². The molecule has 0 aliphatic carbocycles. The largest absolute Gasteiger partial charge is 0.268 e. The summed E-state index contributed by atoms with van der Waals surface area (Å²) >= 11 is 0. The van der Waals surface area contributed by atoms with Crippen LogP contribution in [0.1, 0.15) is 142 Å². The molecule has 0 amide bonds. The molecule has 0 fully saturated rings. The fourth-order valence-electron chi connectivity index (χ4n) is 3.76. The molecule has 8 heteroatoms. The highest BCUT2D eigenvalue weighted by Crippen LogP contribution is 2.36. The first-order valence-corrected chi connectivity index (χ1v) is 15.4. The highest BCUT2D eigenvalue weighted by molar-refractivity contribution is 8.77. The van der Waals surface area contributed by atoms with E-state index < -0.39 is 10.7 Å². The summed E-state index contributed by atoms with van der Waals surface area (Å²) in [6.45, 7) is 4.43. The number of rotatable bonds is 25. The molecule has 2 unspecified atom stereocenters. The highest BCUT2D eigenvalue weighted by Gasteiger charge is 2.28. The standard InChI is InChI=1S/C24H48N2O4S2/c1-3-5-7-9-11-13-15-17-19-21-23(25(27)28)31-32-24(26(29)30)22-20-18-16-14-12-10-8-6-4-2/h23-24H,3-22H2,1-2H3. The maximum absolute atomic E-state index is 11.4. The van der Waals surface area contributed by atoms with Crippen LogP contribution >= 0.6 is 21.6 Å². The first kappa shape index (κ1) is 31.5. The van der Waals surface area contributed by atoms with Crippen molar-refractivity contribution in [2.24, 2.45) is 0 Å². The maximum Gasteiger partial charge on any atom is 0.268 e. The van der Waals surface area contributed by atoms with Crippen molar-refractivity contribution in [2.45, 2.75) is 153 Å². The Kier molecular flexibility index (Phi) is 23.3. The van der Waals surface area contributed by atoms with E-state index in [4.69, 9.17) is 0 Å². The molecule has 190 valence electrons. The summed E-state index contributed by atoms with van der Waals surface area (Å²) in [7, 11) is 2.20. The summed E-state index contributed by atoms with van der Waals surface area (Å²) in [5.74, 6) is 0. The minimum absolute atomic E-state index is 0.266. The van der Waals surface area contributed by atoms with Gasteiger partial charge in [-0.25, -0.2) is 0 Å². The molecule has 6 nitrogen and oxygen atoms in total. The summed E-state index contributed by atoms with van der Waals surface area (Å²) in [4.78, 5) is 22.2. The van der Waals surface area contributed by atoms with Crippen LogP contribution < -0.4 is 0 Å². The smallest absolute Gasteiger partial charge is 0.263 e. The van der Waals surface area contributed by atoms with E-state index in [-0.39, 0.29) is 9.85 Å². The van der Waals surface area contributed by atoms with Crippen molar-refractivity contribution in [3.63, 3.8) is 0 Å². The van der Waals surface area contributed by atoms with E-state index in [2.05, 4.69) is 13.8 Å². The normalized spacial score (nSPS) is 13.2. The lowest BCUT2D eigenvalue weighted by molar-refractivity contribution is -0.497. The Morgan fingerprint density at radius 2 is 0.750 bits per heavy atom. The molecule has 0 aromatic rings. The van der Waals surface area contributed by atoms with E-state index in [1.807, 2.05) is 0 Å². The molecule has 2 atom stereocenters. The van der Waals surface area contributed by atoms with E-state index in [1.54, 1.807) is 0 Å². The summed E-state index contributed by atoms with van der Waals surface area (Å²) in [6.07, 6.45) is 22.2. The van der Waals surface area contributed by atoms with Gasteiger partial charge >= 0.3 is 0 Å². The van der Waals surface area contributed by atoms with Crippen molar-refractivity contribution in [1.82, 2.24) is 0 Å². The predicted octanol–water partition coefficient (Wildman–Crippen LogP) is 9.42. The Labute approximate surface area is 204 Å². The first-order valence-electron chi connectivity index (χ1n) is 13.1. The second kappa shape index (κ2) is 23.7. The molecule has 32 heavy (non-hydrogen) atoms. The fraction of sp³-hybridized carbons (Fsp3) is 1.00. The average molecular weight is 493 g/mol. The Morgan fingerprint density at radius 3 is 1.00 bits per heavy atom. The van der Waals surface area contributed by atoms with Crippen molar-refractivity contribution < 1.29 is 9.85 Å². The van der Waals surface area contributed by atoms with Gasteiger partial charge in [0.15, 0.2) is 0 Å². The molecule has 0 spiro atoms. The Hall–Kier alpha value is -0.500. The molecule has 0 radical (unpaired) electrons. The quantitative estimate of drug-likeness (QED) is 0.0414. The zero-order valence-electron chi connectivity index (χ0n) is 20.6. The van der Waals surface area contributed by atoms with Crippen LogP contribution in [0.3, 0.4) is 0 Å². The van der Waals surface area contributed by atoms with Crippen molar-refractivity contribution >= 4 is 21.6 Å². The molecule has 0 rings (SSSR count). The molecule has 0 aliphatic heterocycles. The fourth-order valence-corrected chi connectivity index (χ4v) is 6.46. The maximum atomic E-state index is 11.4. The van der Waals surface area contributed by atoms with Gasteiger partial charge in [-0.05, 0) is 34.4 Å². The second-order valence-electron chi connectivity index (χ2n) is 8.91. The van der Waals surface area contributed by atoms with Crippen LogP contribution in [-0.2, 0) is 0 Å². The van der Waals surface area contributed by atoms with E-state index >= 15 is 0 Å². The molecular weight excluding hydrogens is 444 g/mol. The van der Waals surface area contributed by atoms with Crippen LogP contribution in [-0.4, -0.2) is 20.6 Å². The van der Waals surface area contributed by atoms with Crippen LogP contribution in [0.15, 0.2) is 0 Å². The molecular formula is C24H48N2O4S2. The van der Waals surface area contributed by atoms with Gasteiger partial charge in [0.2, 0.25) is 0 Å². The van der Waals surface area contributed by atoms with E-state index in [9.17, 15) is 20.2 Å². The third-order valence-electron chi connectivity index (χ3n) is 5.86. The summed E-state index contributed by atoms with van der Waals surface area (Å²) < 4.78 is 0. The second-order valence-corrected chi connectivity index (χ2v) is 11.5. The SMILES string of the molecule is CCCCCCCCCCCC(SSC(CCCCCCCCCCC)[N+](=O)[O-])[N+](=O)[O-]. The van der Waals surface area contributed by atoms with E-state index in [1.165, 1.54) is 77.0 Å². The van der Waals surface area contributed by atoms with Gasteiger partial charge in [-0.1, -0.05) is 117 Å². The molecule has 0 saturated carbocycles. The Morgan fingerprint density at radius 1 is 0.500 bits per heavy atom. The monoisotopic (exact) mass is 492 g/mol. The number of nitro groups is 2. The van der Waals surface area contributed by atoms with Gasteiger partial charge in [-0.3, -0.25) is 20.2 Å². The lowest BCUT2D eigenvalue weighted by atomic mass is 10.1. The first-order chi connectivity index (χ1) is 15.5. The van der Waals surface area contributed by atoms with Gasteiger partial charge in [0.05, 0.1) is 0 Å². The van der Waals surface area contributed by atoms with Crippen LogP contribution in [0.2, 0.25) is 0 Å². The van der Waals surface area contributed by atoms with Gasteiger partial charge < -0.3 is 0 Å². The van der Waals surface area contributed by atoms with Crippen molar-refractivity contribution in [3.05, 3.63) is 20.2 Å². The molecule has 0 aromatic carbocycles. The summed E-state index contributed by atoms with van der Waals surface area (Å²) in [6, 6.07) is 0. The molecule has 0 saturated heterocycles. The van der Waals surface area contributed by atoms with Gasteiger partial charge in [-0.15, -0.1) is 0 Å². The topological polar surface area (TPSA) is 86.3 Å². The lowest BCUT2D eigenvalue weighted by Gasteiger charge is -2.11. The lowest BCUT2D eigenvalue weighted by Crippen LogP contribution is -2.18. The zero-order chi connectivity index (χ0) is 23.9. The number of hydrogen-bond acceptors (Lipinski definition) is 6. The van der Waals surface area contributed by atoms with Crippen LogP contribution in [0.4, 0.5) is 0 Å². The molecule has 0 aromatic heterocycles. The van der Waals surface area contributed by atoms with E-state index in [0.29, 0.717) is 12.8 Å². The van der Waals surface area contributed by atoms with Crippen LogP contribution in [0.5, 0.6) is 0 Å². The Bertz CT molecular complexity index is 416. The minimum Gasteiger partial charge on any atom is -0.263 e. The van der Waals surface area contributed by atoms with Gasteiger partial charge in [0.1, 0.15) is 0 Å². The van der Waals surface area contributed by atoms with Gasteiger partial charge in [-0.2, -0.15) is 0 Å². The number of unbranched alkanes of at least 4 members (excludes halogenated alkanes) is 16. The average Bonchev–Trinajstić information content (AvgIpc) is 2.76. The molecule has 0 aliphatic rings. The van der Waals surface area contributed by atoms with Crippen LogP contribution in [0, 0.1) is 20.2 Å². The van der Waals surface area contributed by atoms with Gasteiger partial charge in [0.25, 0.3) is 10.7 Å². The van der Waals surface area contributed by atoms with Crippen molar-refractivity contribution in [1.29, 1.82) is 0 Å².